The second kappa shape index (κ2) is 7.23. The molecular weight excluding hydrogens is 346 g/mol. The fourth-order valence-electron chi connectivity index (χ4n) is 2.13. The van der Waals surface area contributed by atoms with Crippen LogP contribution in [-0.2, 0) is 0 Å². The first kappa shape index (κ1) is 16.8. The highest BCUT2D eigenvalue weighted by molar-refractivity contribution is 6.30. The summed E-state index contributed by atoms with van der Waals surface area (Å²) >= 11 is 5.85. The maximum absolute atomic E-state index is 12.4. The molecule has 2 aromatic carbocycles. The molecule has 1 aromatic heterocycles. The van der Waals surface area contributed by atoms with Crippen LogP contribution in [-0.4, -0.2) is 30.3 Å². The predicted octanol–water partition coefficient (Wildman–Crippen LogP) is 3.66. The molecule has 0 spiro atoms. The van der Waals surface area contributed by atoms with Gasteiger partial charge in [0.1, 0.15) is 11.5 Å². The van der Waals surface area contributed by atoms with E-state index < -0.39 is 5.91 Å². The van der Waals surface area contributed by atoms with Gasteiger partial charge in [0.05, 0.1) is 19.8 Å². The van der Waals surface area contributed by atoms with E-state index in [1.807, 2.05) is 0 Å². The average molecular weight is 360 g/mol. The number of rotatable bonds is 5. The Balaban J connectivity index is 1.79. The Labute approximate surface area is 148 Å². The van der Waals surface area contributed by atoms with Gasteiger partial charge in [0, 0.05) is 16.7 Å². The van der Waals surface area contributed by atoms with Crippen molar-refractivity contribution >= 4 is 23.5 Å². The number of ether oxygens (including phenoxy) is 2. The molecule has 3 aromatic rings. The minimum atomic E-state index is -0.439. The first-order valence-corrected chi connectivity index (χ1v) is 7.61. The highest BCUT2D eigenvalue weighted by atomic mass is 35.5. The number of amides is 1. The van der Waals surface area contributed by atoms with Crippen molar-refractivity contribution in [3.8, 4) is 23.0 Å². The molecule has 0 aliphatic rings. The Morgan fingerprint density at radius 1 is 1.08 bits per heavy atom. The summed E-state index contributed by atoms with van der Waals surface area (Å²) in [4.78, 5) is 12.4. The van der Waals surface area contributed by atoms with E-state index in [1.165, 1.54) is 14.2 Å². The van der Waals surface area contributed by atoms with E-state index in [0.717, 1.165) is 0 Å². The highest BCUT2D eigenvalue weighted by Gasteiger charge is 2.17. The average Bonchev–Trinajstić information content (AvgIpc) is 3.10. The number of anilines is 1. The van der Waals surface area contributed by atoms with Crippen LogP contribution >= 0.6 is 11.6 Å². The Morgan fingerprint density at radius 2 is 1.84 bits per heavy atom. The third-order valence-corrected chi connectivity index (χ3v) is 3.64. The fourth-order valence-corrected chi connectivity index (χ4v) is 2.26. The molecule has 1 N–H and O–H groups in total. The second-order valence-electron chi connectivity index (χ2n) is 4.94. The zero-order chi connectivity index (χ0) is 17.8. The van der Waals surface area contributed by atoms with Crippen LogP contribution in [0.25, 0.3) is 11.5 Å². The Kier molecular flexibility index (Phi) is 4.85. The molecule has 1 heterocycles. The zero-order valence-corrected chi connectivity index (χ0v) is 14.2. The summed E-state index contributed by atoms with van der Waals surface area (Å²) in [5, 5.41) is 10.9. The van der Waals surface area contributed by atoms with Gasteiger partial charge in [0.2, 0.25) is 5.89 Å². The third kappa shape index (κ3) is 3.72. The van der Waals surface area contributed by atoms with Gasteiger partial charge in [-0.1, -0.05) is 16.7 Å². The Hall–Kier alpha value is -3.06. The van der Waals surface area contributed by atoms with Gasteiger partial charge in [0.15, 0.2) is 0 Å². The number of methoxy groups -OCH3 is 2. The first-order valence-electron chi connectivity index (χ1n) is 7.23. The van der Waals surface area contributed by atoms with Crippen molar-refractivity contribution in [3.05, 3.63) is 53.1 Å². The molecule has 0 bridgehead atoms. The van der Waals surface area contributed by atoms with Gasteiger partial charge in [-0.15, -0.1) is 5.10 Å². The molecule has 0 unspecified atom stereocenters. The van der Waals surface area contributed by atoms with Crippen LogP contribution in [0.2, 0.25) is 5.02 Å². The van der Waals surface area contributed by atoms with E-state index >= 15 is 0 Å². The fraction of sp³-hybridized carbons (Fsp3) is 0.118. The van der Waals surface area contributed by atoms with E-state index in [4.69, 9.17) is 25.5 Å². The molecule has 128 valence electrons. The normalized spacial score (nSPS) is 10.4. The molecular formula is C17H14ClN3O4. The Morgan fingerprint density at radius 3 is 2.52 bits per heavy atom. The molecule has 0 fully saturated rings. The molecule has 0 radical (unpaired) electrons. The summed E-state index contributed by atoms with van der Waals surface area (Å²) in [7, 11) is 3.00. The van der Waals surface area contributed by atoms with Crippen molar-refractivity contribution in [2.24, 2.45) is 0 Å². The summed E-state index contributed by atoms with van der Waals surface area (Å²) in [6.45, 7) is 0. The molecule has 25 heavy (non-hydrogen) atoms. The first-order chi connectivity index (χ1) is 12.1. The molecule has 0 saturated heterocycles. The standard InChI is InChI=1S/C17H14ClN3O4/c1-23-12-7-8-13(14(9-12)24-2)15(22)19-17-21-20-16(25-17)10-3-5-11(18)6-4-10/h3-9H,1-2H3,(H,19,21,22). The lowest BCUT2D eigenvalue weighted by Gasteiger charge is -2.09. The molecule has 7 nitrogen and oxygen atoms in total. The van der Waals surface area contributed by atoms with E-state index in [2.05, 4.69) is 15.5 Å². The summed E-state index contributed by atoms with van der Waals surface area (Å²) in [5.41, 5.74) is 1.01. The lowest BCUT2D eigenvalue weighted by atomic mass is 10.2. The number of carbonyl (C=O) groups is 1. The molecule has 0 saturated carbocycles. The topological polar surface area (TPSA) is 86.5 Å². The van der Waals surface area contributed by atoms with Gasteiger partial charge in [-0.2, -0.15) is 0 Å². The number of hydrogen-bond acceptors (Lipinski definition) is 6. The second-order valence-corrected chi connectivity index (χ2v) is 5.38. The van der Waals surface area contributed by atoms with Crippen molar-refractivity contribution in [2.45, 2.75) is 0 Å². The highest BCUT2D eigenvalue weighted by Crippen LogP contribution is 2.26. The van der Waals surface area contributed by atoms with Crippen LogP contribution < -0.4 is 14.8 Å². The largest absolute Gasteiger partial charge is 0.497 e. The zero-order valence-electron chi connectivity index (χ0n) is 13.4. The number of nitrogens with zero attached hydrogens (tertiary/aromatic N) is 2. The van der Waals surface area contributed by atoms with Crippen molar-refractivity contribution in [1.29, 1.82) is 0 Å². The monoisotopic (exact) mass is 359 g/mol. The van der Waals surface area contributed by atoms with Crippen LogP contribution in [0.5, 0.6) is 11.5 Å². The van der Waals surface area contributed by atoms with Gasteiger partial charge in [0.25, 0.3) is 5.91 Å². The molecule has 1 amide bonds. The number of benzene rings is 2. The summed E-state index contributed by atoms with van der Waals surface area (Å²) in [6.07, 6.45) is 0. The van der Waals surface area contributed by atoms with Crippen molar-refractivity contribution < 1.29 is 18.7 Å². The smallest absolute Gasteiger partial charge is 0.322 e. The van der Waals surface area contributed by atoms with Crippen molar-refractivity contribution in [3.63, 3.8) is 0 Å². The summed E-state index contributed by atoms with van der Waals surface area (Å²) in [6, 6.07) is 11.7. The summed E-state index contributed by atoms with van der Waals surface area (Å²) < 4.78 is 15.8. The quantitative estimate of drug-likeness (QED) is 0.748. The summed E-state index contributed by atoms with van der Waals surface area (Å²) in [5.74, 6) is 0.782. The van der Waals surface area contributed by atoms with Gasteiger partial charge in [-0.25, -0.2) is 0 Å². The van der Waals surface area contributed by atoms with E-state index in [9.17, 15) is 4.79 Å². The van der Waals surface area contributed by atoms with Crippen LogP contribution in [0.1, 0.15) is 10.4 Å². The van der Waals surface area contributed by atoms with Crippen LogP contribution in [0.15, 0.2) is 46.9 Å². The number of halogens is 1. The molecule has 8 heteroatoms. The lowest BCUT2D eigenvalue weighted by molar-refractivity contribution is 0.102. The third-order valence-electron chi connectivity index (χ3n) is 3.39. The minimum Gasteiger partial charge on any atom is -0.497 e. The van der Waals surface area contributed by atoms with Crippen LogP contribution in [0.4, 0.5) is 6.01 Å². The number of aromatic nitrogens is 2. The van der Waals surface area contributed by atoms with Gasteiger partial charge in [-0.05, 0) is 36.4 Å². The van der Waals surface area contributed by atoms with Gasteiger partial charge in [-0.3, -0.25) is 10.1 Å². The number of nitrogens with one attached hydrogen (secondary N) is 1. The van der Waals surface area contributed by atoms with E-state index in [1.54, 1.807) is 42.5 Å². The van der Waals surface area contributed by atoms with Gasteiger partial charge < -0.3 is 13.9 Å². The van der Waals surface area contributed by atoms with Crippen LogP contribution in [0, 0.1) is 0 Å². The predicted molar refractivity (Wildman–Crippen MR) is 92.2 cm³/mol. The molecule has 0 aliphatic carbocycles. The van der Waals surface area contributed by atoms with Crippen molar-refractivity contribution in [2.75, 3.05) is 19.5 Å². The van der Waals surface area contributed by atoms with Crippen molar-refractivity contribution in [1.82, 2.24) is 10.2 Å². The van der Waals surface area contributed by atoms with Gasteiger partial charge >= 0.3 is 6.01 Å². The number of hydrogen-bond donors (Lipinski definition) is 1. The van der Waals surface area contributed by atoms with E-state index in [-0.39, 0.29) is 11.9 Å². The lowest BCUT2D eigenvalue weighted by Crippen LogP contribution is -2.13. The minimum absolute atomic E-state index is 0.0205. The van der Waals surface area contributed by atoms with Crippen LogP contribution in [0.3, 0.4) is 0 Å². The maximum atomic E-state index is 12.4. The number of carbonyl (C=O) groups excluding carboxylic acids is 1. The SMILES string of the molecule is COc1ccc(C(=O)Nc2nnc(-c3ccc(Cl)cc3)o2)c(OC)c1. The molecule has 3 rings (SSSR count). The Bertz CT molecular complexity index is 893. The van der Waals surface area contributed by atoms with E-state index in [0.29, 0.717) is 27.6 Å². The maximum Gasteiger partial charge on any atom is 0.322 e. The molecule has 0 aliphatic heterocycles. The molecule has 0 atom stereocenters.